The molecule has 1 aromatic heterocycles. The molecule has 5 heteroatoms. The summed E-state index contributed by atoms with van der Waals surface area (Å²) in [7, 11) is 1.86. The Labute approximate surface area is 157 Å². The summed E-state index contributed by atoms with van der Waals surface area (Å²) in [6, 6.07) is 15.2. The van der Waals surface area contributed by atoms with Crippen molar-refractivity contribution < 1.29 is 9.90 Å². The summed E-state index contributed by atoms with van der Waals surface area (Å²) in [5.74, 6) is -0.128. The van der Waals surface area contributed by atoms with E-state index in [1.54, 1.807) is 0 Å². The number of hydrogen-bond acceptors (Lipinski definition) is 2. The molecule has 0 unspecified atom stereocenters. The Hall–Kier alpha value is -2.30. The van der Waals surface area contributed by atoms with Gasteiger partial charge in [-0.25, -0.2) is 0 Å². The Morgan fingerprint density at radius 3 is 2.54 bits per heavy atom. The summed E-state index contributed by atoms with van der Waals surface area (Å²) in [5, 5.41) is 14.8. The number of benzene rings is 2. The minimum Gasteiger partial charge on any atom is -0.385 e. The van der Waals surface area contributed by atoms with Crippen molar-refractivity contribution in [3.63, 3.8) is 0 Å². The van der Waals surface area contributed by atoms with Crippen LogP contribution in [0.2, 0.25) is 5.02 Å². The third-order valence-electron chi connectivity index (χ3n) is 5.26. The van der Waals surface area contributed by atoms with Crippen LogP contribution in [0.1, 0.15) is 47.4 Å². The number of halogens is 1. The lowest BCUT2D eigenvalue weighted by molar-refractivity contribution is 0.0932. The lowest BCUT2D eigenvalue weighted by atomic mass is 10.0. The molecule has 1 aliphatic rings. The molecular formula is C21H21ClN2O2. The van der Waals surface area contributed by atoms with Gasteiger partial charge in [-0.05, 0) is 49.1 Å². The van der Waals surface area contributed by atoms with E-state index in [2.05, 4.69) is 5.32 Å². The molecule has 0 aliphatic heterocycles. The zero-order valence-electron chi connectivity index (χ0n) is 14.8. The number of rotatable bonds is 4. The normalized spacial score (nSPS) is 16.5. The van der Waals surface area contributed by atoms with E-state index in [-0.39, 0.29) is 11.9 Å². The predicted octanol–water partition coefficient (Wildman–Crippen LogP) is 4.30. The first-order valence-electron chi connectivity index (χ1n) is 8.76. The maximum absolute atomic E-state index is 12.7. The van der Waals surface area contributed by atoms with E-state index in [9.17, 15) is 9.90 Å². The minimum absolute atomic E-state index is 0.128. The van der Waals surface area contributed by atoms with Crippen LogP contribution in [-0.4, -0.2) is 15.6 Å². The Balaban J connectivity index is 1.53. The number of aliphatic hydroxyl groups is 1. The van der Waals surface area contributed by atoms with Crippen LogP contribution < -0.4 is 5.32 Å². The summed E-state index contributed by atoms with van der Waals surface area (Å²) in [4.78, 5) is 12.7. The second-order valence-electron chi connectivity index (χ2n) is 7.14. The fourth-order valence-electron chi connectivity index (χ4n) is 3.36. The summed E-state index contributed by atoms with van der Waals surface area (Å²) in [6.07, 6.45) is 1.65. The standard InChI is InChI=1S/C21H21ClN2O2/c1-13(14-3-6-16(7-4-14)21(26)9-10-21)23-20(25)19-11-15-5-8-17(22)12-18(15)24(19)2/h3-8,11-13,26H,9-10H2,1-2H3,(H,23,25)/t13-/m1/s1. The zero-order valence-corrected chi connectivity index (χ0v) is 15.5. The zero-order chi connectivity index (χ0) is 18.5. The summed E-state index contributed by atoms with van der Waals surface area (Å²) in [5.41, 5.74) is 2.85. The number of aromatic nitrogens is 1. The van der Waals surface area contributed by atoms with Gasteiger partial charge in [0.25, 0.3) is 5.91 Å². The third kappa shape index (κ3) is 3.00. The lowest BCUT2D eigenvalue weighted by Crippen LogP contribution is -2.28. The number of carbonyl (C=O) groups is 1. The van der Waals surface area contributed by atoms with Gasteiger partial charge in [0.1, 0.15) is 5.69 Å². The highest BCUT2D eigenvalue weighted by atomic mass is 35.5. The highest BCUT2D eigenvalue weighted by molar-refractivity contribution is 6.31. The second-order valence-corrected chi connectivity index (χ2v) is 7.58. The molecule has 1 fully saturated rings. The van der Waals surface area contributed by atoms with Crippen LogP contribution in [0.3, 0.4) is 0 Å². The molecule has 26 heavy (non-hydrogen) atoms. The van der Waals surface area contributed by atoms with Crippen LogP contribution >= 0.6 is 11.6 Å². The first-order chi connectivity index (χ1) is 12.4. The first kappa shape index (κ1) is 17.1. The number of aryl methyl sites for hydroxylation is 1. The van der Waals surface area contributed by atoms with E-state index in [0.29, 0.717) is 10.7 Å². The first-order valence-corrected chi connectivity index (χ1v) is 9.14. The van der Waals surface area contributed by atoms with Crippen molar-refractivity contribution in [3.05, 3.63) is 70.4 Å². The van der Waals surface area contributed by atoms with Gasteiger partial charge < -0.3 is 15.0 Å². The highest BCUT2D eigenvalue weighted by Crippen LogP contribution is 2.45. The fraction of sp³-hybridized carbons (Fsp3) is 0.286. The van der Waals surface area contributed by atoms with Crippen molar-refractivity contribution in [2.45, 2.75) is 31.4 Å². The molecule has 0 spiro atoms. The van der Waals surface area contributed by atoms with E-state index >= 15 is 0 Å². The molecule has 4 rings (SSSR count). The number of fused-ring (bicyclic) bond motifs is 1. The lowest BCUT2D eigenvalue weighted by Gasteiger charge is -2.16. The van der Waals surface area contributed by atoms with Gasteiger partial charge in [0.05, 0.1) is 11.6 Å². The molecule has 2 aromatic carbocycles. The molecule has 134 valence electrons. The second kappa shape index (κ2) is 6.15. The number of amides is 1. The van der Waals surface area contributed by atoms with Crippen molar-refractivity contribution in [1.82, 2.24) is 9.88 Å². The minimum atomic E-state index is -0.630. The van der Waals surface area contributed by atoms with Gasteiger partial charge in [-0.1, -0.05) is 41.9 Å². The predicted molar refractivity (Wildman–Crippen MR) is 103 cm³/mol. The SMILES string of the molecule is C[C@@H](NC(=O)c1cc2ccc(Cl)cc2n1C)c1ccc(C2(O)CC2)cc1. The molecule has 3 aromatic rings. The molecule has 1 aliphatic carbocycles. The van der Waals surface area contributed by atoms with Crippen molar-refractivity contribution in [2.24, 2.45) is 7.05 Å². The third-order valence-corrected chi connectivity index (χ3v) is 5.49. The van der Waals surface area contributed by atoms with Crippen LogP contribution in [0, 0.1) is 0 Å². The summed E-state index contributed by atoms with van der Waals surface area (Å²) < 4.78 is 1.86. The van der Waals surface area contributed by atoms with E-state index in [4.69, 9.17) is 11.6 Å². The van der Waals surface area contributed by atoms with Crippen LogP contribution in [-0.2, 0) is 12.6 Å². The van der Waals surface area contributed by atoms with E-state index in [1.165, 1.54) is 0 Å². The molecule has 4 nitrogen and oxygen atoms in total. The van der Waals surface area contributed by atoms with Gasteiger partial charge in [0, 0.05) is 23.0 Å². The van der Waals surface area contributed by atoms with Gasteiger partial charge in [0.2, 0.25) is 0 Å². The molecule has 1 amide bonds. The van der Waals surface area contributed by atoms with Crippen molar-refractivity contribution in [3.8, 4) is 0 Å². The van der Waals surface area contributed by atoms with Gasteiger partial charge in [-0.3, -0.25) is 4.79 Å². The van der Waals surface area contributed by atoms with Crippen LogP contribution in [0.4, 0.5) is 0 Å². The van der Waals surface area contributed by atoms with Crippen molar-refractivity contribution in [2.75, 3.05) is 0 Å². The maximum Gasteiger partial charge on any atom is 0.268 e. The van der Waals surface area contributed by atoms with Gasteiger partial charge in [-0.2, -0.15) is 0 Å². The molecular weight excluding hydrogens is 348 g/mol. The molecule has 1 saturated carbocycles. The number of nitrogens with zero attached hydrogens (tertiary/aromatic N) is 1. The average molecular weight is 369 g/mol. The smallest absolute Gasteiger partial charge is 0.268 e. The van der Waals surface area contributed by atoms with Gasteiger partial charge in [0.15, 0.2) is 0 Å². The van der Waals surface area contributed by atoms with E-state index in [1.807, 2.05) is 67.1 Å². The average Bonchev–Trinajstić information content (AvgIpc) is 3.30. The van der Waals surface area contributed by atoms with Gasteiger partial charge >= 0.3 is 0 Å². The van der Waals surface area contributed by atoms with Gasteiger partial charge in [-0.15, -0.1) is 0 Å². The van der Waals surface area contributed by atoms with Crippen molar-refractivity contribution in [1.29, 1.82) is 0 Å². The number of carbonyl (C=O) groups excluding carboxylic acids is 1. The molecule has 0 bridgehead atoms. The Morgan fingerprint density at radius 2 is 1.88 bits per heavy atom. The van der Waals surface area contributed by atoms with E-state index < -0.39 is 5.60 Å². The number of hydrogen-bond donors (Lipinski definition) is 2. The Bertz CT molecular complexity index is 987. The van der Waals surface area contributed by atoms with Crippen LogP contribution in [0.5, 0.6) is 0 Å². The Morgan fingerprint density at radius 1 is 1.19 bits per heavy atom. The topological polar surface area (TPSA) is 54.3 Å². The van der Waals surface area contributed by atoms with Crippen LogP contribution in [0.15, 0.2) is 48.5 Å². The number of nitrogens with one attached hydrogen (secondary N) is 1. The molecule has 2 N–H and O–H groups in total. The maximum atomic E-state index is 12.7. The quantitative estimate of drug-likeness (QED) is 0.721. The highest BCUT2D eigenvalue weighted by Gasteiger charge is 2.41. The van der Waals surface area contributed by atoms with Crippen molar-refractivity contribution >= 4 is 28.4 Å². The summed E-state index contributed by atoms with van der Waals surface area (Å²) >= 11 is 6.06. The molecule has 1 heterocycles. The monoisotopic (exact) mass is 368 g/mol. The largest absolute Gasteiger partial charge is 0.385 e. The molecule has 1 atom stereocenters. The molecule has 0 saturated heterocycles. The van der Waals surface area contributed by atoms with E-state index in [0.717, 1.165) is 34.9 Å². The summed E-state index contributed by atoms with van der Waals surface area (Å²) in [6.45, 7) is 1.96. The van der Waals surface area contributed by atoms with Crippen LogP contribution in [0.25, 0.3) is 10.9 Å². The molecule has 0 radical (unpaired) electrons. The fourth-order valence-corrected chi connectivity index (χ4v) is 3.53. The Kier molecular flexibility index (Phi) is 4.05.